The van der Waals surface area contributed by atoms with Gasteiger partial charge in [-0.05, 0) is 77.0 Å². The van der Waals surface area contributed by atoms with Crippen LogP contribution in [0.25, 0.3) is 0 Å². The van der Waals surface area contributed by atoms with Crippen LogP contribution >= 0.6 is 0 Å². The van der Waals surface area contributed by atoms with Crippen molar-refractivity contribution < 1.29 is 49.0 Å². The summed E-state index contributed by atoms with van der Waals surface area (Å²) in [5.41, 5.74) is 0. The van der Waals surface area contributed by atoms with Gasteiger partial charge in [0, 0.05) is 12.8 Å². The molecule has 1 heterocycles. The fraction of sp³-hybridized carbons (Fsp3) is 0.765. The standard InChI is InChI=1S/C51H88O10/c1-3-5-7-9-11-13-15-17-19-21-22-24-26-28-30-32-34-36-38-40-47(54)60-44(43-59-51-50(57)49(56)48(55)45(41-52)61-51)42-58-46(53)39-37-35-33-31-29-27-25-23-20-18-16-14-12-10-8-6-4-2/h11,13,17-20,25,27,31,33,44-45,48-52,55-57H,3-10,12,14-16,21-24,26,28-30,32,34-43H2,1-2H3/b13-11+,19-17+,20-18+,27-25+,33-31+/t44-,45-,48+,49?,50?,51-/m1/s1. The lowest BCUT2D eigenvalue weighted by molar-refractivity contribution is -0.305. The van der Waals surface area contributed by atoms with Crippen LogP contribution < -0.4 is 0 Å². The Morgan fingerprint density at radius 1 is 0.508 bits per heavy atom. The van der Waals surface area contributed by atoms with E-state index in [-0.39, 0.29) is 26.1 Å². The Bertz CT molecular complexity index is 1180. The van der Waals surface area contributed by atoms with E-state index in [9.17, 15) is 30.0 Å². The molecule has 0 spiro atoms. The number of aliphatic hydroxyl groups is 4. The summed E-state index contributed by atoms with van der Waals surface area (Å²) in [6.45, 7) is 3.34. The third-order valence-electron chi connectivity index (χ3n) is 10.9. The van der Waals surface area contributed by atoms with Crippen LogP contribution in [0.2, 0.25) is 0 Å². The summed E-state index contributed by atoms with van der Waals surface area (Å²) in [5, 5.41) is 40.1. The van der Waals surface area contributed by atoms with Gasteiger partial charge in [0.15, 0.2) is 12.4 Å². The smallest absolute Gasteiger partial charge is 0.306 e. The minimum absolute atomic E-state index is 0.201. The van der Waals surface area contributed by atoms with E-state index in [1.54, 1.807) is 0 Å². The number of ether oxygens (including phenoxy) is 4. The first-order valence-corrected chi connectivity index (χ1v) is 24.4. The van der Waals surface area contributed by atoms with Crippen LogP contribution in [0.3, 0.4) is 0 Å². The Morgan fingerprint density at radius 2 is 0.934 bits per heavy atom. The lowest BCUT2D eigenvalue weighted by Gasteiger charge is -2.39. The SMILES string of the molecule is CCCCC/C=C/C/C=C/CCCCCCCCCCCC(=O)O[C@H](COC(=O)CCC/C=C/C/C=C/C/C=C/CCCCCCCC)CO[C@@H]1O[C@H](CO)[C@H](O)C(O)C1O. The highest BCUT2D eigenvalue weighted by atomic mass is 16.7. The molecular weight excluding hydrogens is 773 g/mol. The number of unbranched alkanes of at least 4 members (excludes halogenated alkanes) is 19. The van der Waals surface area contributed by atoms with Gasteiger partial charge in [0.25, 0.3) is 0 Å². The van der Waals surface area contributed by atoms with Gasteiger partial charge in [-0.3, -0.25) is 9.59 Å². The van der Waals surface area contributed by atoms with E-state index in [0.29, 0.717) is 12.8 Å². The predicted octanol–water partition coefficient (Wildman–Crippen LogP) is 11.0. The molecule has 4 N–H and O–H groups in total. The van der Waals surface area contributed by atoms with Crippen molar-refractivity contribution in [1.82, 2.24) is 0 Å². The van der Waals surface area contributed by atoms with Crippen molar-refractivity contribution in [2.24, 2.45) is 0 Å². The van der Waals surface area contributed by atoms with Crippen molar-refractivity contribution in [1.29, 1.82) is 0 Å². The lowest BCUT2D eigenvalue weighted by Crippen LogP contribution is -2.59. The summed E-state index contributed by atoms with van der Waals surface area (Å²) in [5.74, 6) is -0.873. The fourth-order valence-corrected chi connectivity index (χ4v) is 7.00. The van der Waals surface area contributed by atoms with Crippen LogP contribution in [-0.4, -0.2) is 89.0 Å². The van der Waals surface area contributed by atoms with Gasteiger partial charge >= 0.3 is 11.9 Å². The number of allylic oxidation sites excluding steroid dienone is 10. The van der Waals surface area contributed by atoms with E-state index in [4.69, 9.17) is 18.9 Å². The van der Waals surface area contributed by atoms with Crippen LogP contribution in [0.1, 0.15) is 194 Å². The zero-order chi connectivity index (χ0) is 44.4. The third kappa shape index (κ3) is 32.7. The molecule has 0 radical (unpaired) electrons. The highest BCUT2D eigenvalue weighted by Crippen LogP contribution is 2.22. The van der Waals surface area contributed by atoms with Crippen LogP contribution in [-0.2, 0) is 28.5 Å². The first-order valence-electron chi connectivity index (χ1n) is 24.4. The minimum Gasteiger partial charge on any atom is -0.462 e. The summed E-state index contributed by atoms with van der Waals surface area (Å²) in [6, 6.07) is 0. The molecule has 0 aliphatic carbocycles. The van der Waals surface area contributed by atoms with Gasteiger partial charge in [0.1, 0.15) is 31.0 Å². The first kappa shape index (κ1) is 56.4. The van der Waals surface area contributed by atoms with Crippen molar-refractivity contribution in [2.45, 2.75) is 230 Å². The molecule has 1 fully saturated rings. The Kier molecular flexibility index (Phi) is 38.3. The van der Waals surface area contributed by atoms with Crippen molar-refractivity contribution in [3.8, 4) is 0 Å². The maximum Gasteiger partial charge on any atom is 0.306 e. The van der Waals surface area contributed by atoms with Gasteiger partial charge in [-0.25, -0.2) is 0 Å². The number of hydrogen-bond donors (Lipinski definition) is 4. The van der Waals surface area contributed by atoms with E-state index in [0.717, 1.165) is 57.8 Å². The second-order valence-electron chi connectivity index (χ2n) is 16.6. The molecule has 1 saturated heterocycles. The zero-order valence-corrected chi connectivity index (χ0v) is 38.4. The maximum absolute atomic E-state index is 12.8. The van der Waals surface area contributed by atoms with Gasteiger partial charge in [0.2, 0.25) is 0 Å². The summed E-state index contributed by atoms with van der Waals surface area (Å²) < 4.78 is 22.1. The van der Waals surface area contributed by atoms with E-state index in [2.05, 4.69) is 74.6 Å². The Hall–Kier alpha value is -2.60. The van der Waals surface area contributed by atoms with Gasteiger partial charge in [-0.2, -0.15) is 0 Å². The lowest BCUT2D eigenvalue weighted by atomic mass is 9.99. The molecule has 0 aromatic rings. The van der Waals surface area contributed by atoms with Crippen LogP contribution in [0.15, 0.2) is 60.8 Å². The summed E-state index contributed by atoms with van der Waals surface area (Å²) in [4.78, 5) is 25.4. The molecule has 6 atom stereocenters. The molecule has 61 heavy (non-hydrogen) atoms. The highest BCUT2D eigenvalue weighted by molar-refractivity contribution is 5.70. The van der Waals surface area contributed by atoms with Gasteiger partial charge in [0.05, 0.1) is 13.2 Å². The molecule has 352 valence electrons. The van der Waals surface area contributed by atoms with Crippen LogP contribution in [0, 0.1) is 0 Å². The van der Waals surface area contributed by atoms with E-state index >= 15 is 0 Å². The predicted molar refractivity (Wildman–Crippen MR) is 247 cm³/mol. The Labute approximate surface area is 370 Å². The summed E-state index contributed by atoms with van der Waals surface area (Å²) >= 11 is 0. The molecule has 0 aromatic heterocycles. The van der Waals surface area contributed by atoms with E-state index in [1.807, 2.05) is 0 Å². The molecule has 10 heteroatoms. The number of rotatable bonds is 40. The number of esters is 2. The quantitative estimate of drug-likeness (QED) is 0.0266. The van der Waals surface area contributed by atoms with Crippen molar-refractivity contribution in [2.75, 3.05) is 19.8 Å². The average molecular weight is 861 g/mol. The van der Waals surface area contributed by atoms with E-state index < -0.39 is 55.4 Å². The molecule has 2 unspecified atom stereocenters. The zero-order valence-electron chi connectivity index (χ0n) is 38.4. The summed E-state index contributed by atoms with van der Waals surface area (Å²) in [6.07, 6.45) is 43.7. The topological polar surface area (TPSA) is 152 Å². The van der Waals surface area contributed by atoms with Crippen molar-refractivity contribution in [3.05, 3.63) is 60.8 Å². The molecule has 0 aromatic carbocycles. The number of aliphatic hydroxyl groups excluding tert-OH is 4. The molecule has 0 amide bonds. The third-order valence-corrected chi connectivity index (χ3v) is 10.9. The molecule has 1 aliphatic rings. The molecular formula is C51H88O10. The average Bonchev–Trinajstić information content (AvgIpc) is 3.26. The number of carbonyl (C=O) groups excluding carboxylic acids is 2. The van der Waals surface area contributed by atoms with Gasteiger partial charge in [-0.15, -0.1) is 0 Å². The Balaban J connectivity index is 2.33. The minimum atomic E-state index is -1.61. The normalized spacial score (nSPS) is 20.3. The maximum atomic E-state index is 12.8. The molecule has 0 saturated carbocycles. The highest BCUT2D eigenvalue weighted by Gasteiger charge is 2.44. The number of hydrogen-bond acceptors (Lipinski definition) is 10. The van der Waals surface area contributed by atoms with Gasteiger partial charge in [-0.1, -0.05) is 164 Å². The van der Waals surface area contributed by atoms with Crippen molar-refractivity contribution in [3.63, 3.8) is 0 Å². The largest absolute Gasteiger partial charge is 0.462 e. The van der Waals surface area contributed by atoms with E-state index in [1.165, 1.54) is 96.3 Å². The fourth-order valence-electron chi connectivity index (χ4n) is 7.00. The monoisotopic (exact) mass is 861 g/mol. The Morgan fingerprint density at radius 3 is 1.46 bits per heavy atom. The molecule has 0 bridgehead atoms. The second-order valence-corrected chi connectivity index (χ2v) is 16.6. The molecule has 1 aliphatic heterocycles. The molecule has 1 rings (SSSR count). The van der Waals surface area contributed by atoms with Crippen LogP contribution in [0.4, 0.5) is 0 Å². The number of carbonyl (C=O) groups is 2. The van der Waals surface area contributed by atoms with Crippen molar-refractivity contribution >= 4 is 11.9 Å². The summed E-state index contributed by atoms with van der Waals surface area (Å²) in [7, 11) is 0. The van der Waals surface area contributed by atoms with Gasteiger partial charge < -0.3 is 39.4 Å². The first-order chi connectivity index (χ1) is 29.8. The molecule has 10 nitrogen and oxygen atoms in total. The van der Waals surface area contributed by atoms with Crippen LogP contribution in [0.5, 0.6) is 0 Å². The second kappa shape index (κ2) is 41.4.